The fourth-order valence-electron chi connectivity index (χ4n) is 0.254. The highest BCUT2D eigenvalue weighted by atomic mass is 16.4. The van der Waals surface area contributed by atoms with Crippen molar-refractivity contribution in [3.63, 3.8) is 0 Å². The van der Waals surface area contributed by atoms with Crippen molar-refractivity contribution in [1.82, 2.24) is 5.32 Å². The fourth-order valence-corrected chi connectivity index (χ4v) is 0.254. The summed E-state index contributed by atoms with van der Waals surface area (Å²) in [7, 11) is 0. The summed E-state index contributed by atoms with van der Waals surface area (Å²) in [6.07, 6.45) is -1.79. The second kappa shape index (κ2) is 4.71. The lowest BCUT2D eigenvalue weighted by Gasteiger charge is -2.03. The normalized spacial score (nSPS) is 11.0. The lowest BCUT2D eigenvalue weighted by molar-refractivity contribution is -0.150. The number of aliphatic carboxylic acids is 1. The molecule has 0 rings (SSSR count). The molecule has 0 aromatic heterocycles. The average Bonchev–Trinajstić information content (AvgIpc) is 1.63. The van der Waals surface area contributed by atoms with Crippen molar-refractivity contribution in [1.29, 1.82) is 0 Å². The summed E-state index contributed by atoms with van der Waals surface area (Å²) in [6.45, 7) is 1.12. The first-order valence-corrected chi connectivity index (χ1v) is 2.22. The zero-order valence-corrected chi connectivity index (χ0v) is 5.29. The van der Waals surface area contributed by atoms with Crippen LogP contribution in [0.15, 0.2) is 0 Å². The molecule has 0 aliphatic rings. The third kappa shape index (κ3) is 5.01. The Bertz CT molecular complexity index is 134. The molecule has 0 fully saturated rings. The van der Waals surface area contributed by atoms with Gasteiger partial charge in [-0.2, -0.15) is 0 Å². The van der Waals surface area contributed by atoms with E-state index in [1.54, 1.807) is 5.32 Å². The number of carboxylic acid groups (broad SMARTS) is 1. The summed E-state index contributed by atoms with van der Waals surface area (Å²) in [5.41, 5.74) is 0. The van der Waals surface area contributed by atoms with Gasteiger partial charge in [0, 0.05) is 6.92 Å². The van der Waals surface area contributed by atoms with Crippen molar-refractivity contribution in [3.8, 4) is 0 Å². The molecule has 0 aromatic rings. The molecule has 10 heavy (non-hydrogen) atoms. The molecule has 0 radical (unpaired) electrons. The maximum absolute atomic E-state index is 10.0. The lowest BCUT2D eigenvalue weighted by atomic mass is 10.5. The Balaban J connectivity index is 0. The van der Waals surface area contributed by atoms with E-state index in [4.69, 9.17) is 10.2 Å². The Labute approximate surface area is 56.8 Å². The van der Waals surface area contributed by atoms with Crippen molar-refractivity contribution in [2.75, 3.05) is 0 Å². The van der Waals surface area contributed by atoms with Crippen molar-refractivity contribution < 1.29 is 25.3 Å². The quantitative estimate of drug-likeness (QED) is 0.384. The van der Waals surface area contributed by atoms with Crippen LogP contribution in [-0.4, -0.2) is 33.8 Å². The first-order chi connectivity index (χ1) is 4.04. The number of amides is 1. The summed E-state index contributed by atoms with van der Waals surface area (Å²) in [5.74, 6) is -2.05. The van der Waals surface area contributed by atoms with Gasteiger partial charge in [-0.1, -0.05) is 0 Å². The molecule has 1 atom stereocenters. The Morgan fingerprint density at radius 1 is 1.50 bits per heavy atom. The molecule has 0 saturated heterocycles. The molecular weight excluding hydrogens is 142 g/mol. The van der Waals surface area contributed by atoms with Crippen molar-refractivity contribution in [2.24, 2.45) is 0 Å². The van der Waals surface area contributed by atoms with E-state index in [1.807, 2.05) is 0 Å². The second-order valence-electron chi connectivity index (χ2n) is 1.44. The first kappa shape index (κ1) is 11.6. The van der Waals surface area contributed by atoms with Crippen LogP contribution in [0.25, 0.3) is 0 Å². The number of rotatable bonds is 2. The van der Waals surface area contributed by atoms with Gasteiger partial charge in [0.05, 0.1) is 0 Å². The molecule has 60 valence electrons. The minimum Gasteiger partial charge on any atom is -0.478 e. The van der Waals surface area contributed by atoms with Gasteiger partial charge in [-0.15, -0.1) is 0 Å². The molecule has 0 aliphatic carbocycles. The maximum Gasteiger partial charge on any atom is 0.353 e. The molecule has 1 unspecified atom stereocenters. The SMILES string of the molecule is CC(=O)NC(O)C(=O)O.O. The Kier molecular flexibility index (Phi) is 5.48. The van der Waals surface area contributed by atoms with Gasteiger partial charge in [0.15, 0.2) is 0 Å². The number of hydrogen-bond acceptors (Lipinski definition) is 3. The first-order valence-electron chi connectivity index (χ1n) is 2.22. The standard InChI is InChI=1S/C4H7NO4.H2O/c1-2(6)5-3(7)4(8)9;/h3,7H,1H3,(H,5,6)(H,8,9);1H2. The van der Waals surface area contributed by atoms with E-state index in [2.05, 4.69) is 0 Å². The monoisotopic (exact) mass is 151 g/mol. The number of carbonyl (C=O) groups is 2. The van der Waals surface area contributed by atoms with Crippen LogP contribution in [0.3, 0.4) is 0 Å². The number of carbonyl (C=O) groups excluding carboxylic acids is 1. The summed E-state index contributed by atoms with van der Waals surface area (Å²) in [4.78, 5) is 19.8. The van der Waals surface area contributed by atoms with Gasteiger partial charge in [0.1, 0.15) is 0 Å². The Morgan fingerprint density at radius 3 is 2.00 bits per heavy atom. The maximum atomic E-state index is 10.0. The van der Waals surface area contributed by atoms with Crippen LogP contribution in [0, 0.1) is 0 Å². The smallest absolute Gasteiger partial charge is 0.353 e. The topological polar surface area (TPSA) is 118 Å². The van der Waals surface area contributed by atoms with E-state index < -0.39 is 18.1 Å². The molecule has 0 bridgehead atoms. The summed E-state index contributed by atoms with van der Waals surface area (Å²) < 4.78 is 0. The van der Waals surface area contributed by atoms with E-state index in [0.29, 0.717) is 0 Å². The highest BCUT2D eigenvalue weighted by Gasteiger charge is 2.12. The highest BCUT2D eigenvalue weighted by molar-refractivity contribution is 5.80. The van der Waals surface area contributed by atoms with E-state index in [0.717, 1.165) is 6.92 Å². The molecule has 5 N–H and O–H groups in total. The van der Waals surface area contributed by atoms with E-state index in [9.17, 15) is 9.59 Å². The molecule has 0 aliphatic heterocycles. The average molecular weight is 151 g/mol. The highest BCUT2D eigenvalue weighted by Crippen LogP contribution is 1.74. The van der Waals surface area contributed by atoms with E-state index >= 15 is 0 Å². The van der Waals surface area contributed by atoms with Crippen LogP contribution >= 0.6 is 0 Å². The predicted molar refractivity (Wildman–Crippen MR) is 31.1 cm³/mol. The van der Waals surface area contributed by atoms with Gasteiger partial charge in [-0.3, -0.25) is 4.79 Å². The van der Waals surface area contributed by atoms with Crippen molar-refractivity contribution in [2.45, 2.75) is 13.2 Å². The number of nitrogens with one attached hydrogen (secondary N) is 1. The molecule has 0 aromatic carbocycles. The molecule has 6 heteroatoms. The molecule has 0 spiro atoms. The van der Waals surface area contributed by atoms with Gasteiger partial charge in [-0.25, -0.2) is 4.79 Å². The molecule has 1 amide bonds. The van der Waals surface area contributed by atoms with Gasteiger partial charge >= 0.3 is 5.97 Å². The van der Waals surface area contributed by atoms with Crippen molar-refractivity contribution >= 4 is 11.9 Å². The molecular formula is C4H9NO5. The second-order valence-corrected chi connectivity index (χ2v) is 1.44. The number of aliphatic hydroxyl groups is 1. The van der Waals surface area contributed by atoms with E-state index in [1.165, 1.54) is 0 Å². The zero-order valence-electron chi connectivity index (χ0n) is 5.29. The molecule has 6 nitrogen and oxygen atoms in total. The minimum absolute atomic E-state index is 0. The zero-order chi connectivity index (χ0) is 7.44. The summed E-state index contributed by atoms with van der Waals surface area (Å²) >= 11 is 0. The third-order valence-corrected chi connectivity index (χ3v) is 0.574. The number of carboxylic acids is 1. The predicted octanol–water partition coefficient (Wildman–Crippen LogP) is -2.30. The summed E-state index contributed by atoms with van der Waals surface area (Å²) in [6, 6.07) is 0. The van der Waals surface area contributed by atoms with Crippen LogP contribution in [0.4, 0.5) is 0 Å². The summed E-state index contributed by atoms with van der Waals surface area (Å²) in [5, 5.41) is 18.1. The van der Waals surface area contributed by atoms with Gasteiger partial charge < -0.3 is 21.0 Å². The Hall–Kier alpha value is -1.14. The lowest BCUT2D eigenvalue weighted by Crippen LogP contribution is -2.39. The van der Waals surface area contributed by atoms with Gasteiger partial charge in [0.25, 0.3) is 0 Å². The largest absolute Gasteiger partial charge is 0.478 e. The molecule has 0 heterocycles. The Morgan fingerprint density at radius 2 is 1.90 bits per heavy atom. The van der Waals surface area contributed by atoms with Crippen LogP contribution in [0.2, 0.25) is 0 Å². The number of hydrogen-bond donors (Lipinski definition) is 3. The third-order valence-electron chi connectivity index (χ3n) is 0.574. The van der Waals surface area contributed by atoms with Gasteiger partial charge in [-0.05, 0) is 0 Å². The number of aliphatic hydroxyl groups excluding tert-OH is 1. The minimum atomic E-state index is -1.79. The van der Waals surface area contributed by atoms with Gasteiger partial charge in [0.2, 0.25) is 12.1 Å². The van der Waals surface area contributed by atoms with Crippen molar-refractivity contribution in [3.05, 3.63) is 0 Å². The fraction of sp³-hybridized carbons (Fsp3) is 0.500. The van der Waals surface area contributed by atoms with Crippen LogP contribution in [0.1, 0.15) is 6.92 Å². The van der Waals surface area contributed by atoms with E-state index in [-0.39, 0.29) is 5.48 Å². The van der Waals surface area contributed by atoms with Crippen LogP contribution in [-0.2, 0) is 9.59 Å². The molecule has 0 saturated carbocycles. The van der Waals surface area contributed by atoms with Crippen LogP contribution < -0.4 is 5.32 Å². The van der Waals surface area contributed by atoms with Crippen LogP contribution in [0.5, 0.6) is 0 Å².